The number of aliphatic hydroxyl groups is 1. The highest BCUT2D eigenvalue weighted by Crippen LogP contribution is 2.40. The molecule has 0 amide bonds. The van der Waals surface area contributed by atoms with E-state index in [1.165, 1.54) is 13.8 Å². The molecule has 3 aromatic rings. The first kappa shape index (κ1) is 28.3. The lowest BCUT2D eigenvalue weighted by molar-refractivity contribution is -0.174. The summed E-state index contributed by atoms with van der Waals surface area (Å²) in [6.07, 6.45) is 0. The number of benzene rings is 3. The van der Waals surface area contributed by atoms with Gasteiger partial charge in [0.15, 0.2) is 5.60 Å². The van der Waals surface area contributed by atoms with E-state index in [1.807, 2.05) is 36.4 Å². The van der Waals surface area contributed by atoms with Crippen molar-refractivity contribution in [3.63, 3.8) is 0 Å². The lowest BCUT2D eigenvalue weighted by atomic mass is 9.74. The van der Waals surface area contributed by atoms with E-state index in [0.29, 0.717) is 5.56 Å². The normalized spacial score (nSPS) is 14.7. The number of rotatable bonds is 10. The van der Waals surface area contributed by atoms with E-state index < -0.39 is 37.7 Å². The van der Waals surface area contributed by atoms with Crippen LogP contribution >= 0.6 is 0 Å². The Hall–Kier alpha value is -3.26. The smallest absolute Gasteiger partial charge is 0.337 e. The summed E-state index contributed by atoms with van der Waals surface area (Å²) in [5, 5.41) is 33.1. The number of hydrogen-bond acceptors (Lipinski definition) is 4. The van der Waals surface area contributed by atoms with Crippen LogP contribution in [0.4, 0.5) is 0 Å². The van der Waals surface area contributed by atoms with Crippen LogP contribution in [0.5, 0.6) is 0 Å². The van der Waals surface area contributed by atoms with Gasteiger partial charge in [-0.1, -0.05) is 120 Å². The lowest BCUT2D eigenvalue weighted by Crippen LogP contribution is -2.66. The first-order valence-corrected chi connectivity index (χ1v) is 14.3. The second-order valence-corrected chi connectivity index (χ2v) is 15.0. The third kappa shape index (κ3) is 5.25. The van der Waals surface area contributed by atoms with Crippen molar-refractivity contribution >= 4 is 30.6 Å². The van der Waals surface area contributed by atoms with Crippen LogP contribution in [0.2, 0.25) is 5.04 Å². The van der Waals surface area contributed by atoms with Gasteiger partial charge in [-0.05, 0) is 32.5 Å². The SMILES string of the molecule is CC(C)C(O)(C(=O)O)C(C(=O)O)c1ccccc1CO[Si](c1ccccc1)(c1ccccc1)C(C)(C)C. The number of hydrogen-bond donors (Lipinski definition) is 3. The van der Waals surface area contributed by atoms with Crippen molar-refractivity contribution in [2.24, 2.45) is 5.92 Å². The van der Waals surface area contributed by atoms with E-state index in [9.17, 15) is 24.9 Å². The number of carbonyl (C=O) groups is 2. The van der Waals surface area contributed by atoms with Gasteiger partial charge in [-0.25, -0.2) is 4.79 Å². The summed E-state index contributed by atoms with van der Waals surface area (Å²) in [6.45, 7) is 9.51. The van der Waals surface area contributed by atoms with E-state index in [0.717, 1.165) is 10.4 Å². The Morgan fingerprint density at radius 2 is 1.27 bits per heavy atom. The van der Waals surface area contributed by atoms with Gasteiger partial charge in [0.2, 0.25) is 0 Å². The average molecular weight is 521 g/mol. The highest BCUT2D eigenvalue weighted by Gasteiger charge is 2.53. The fraction of sp³-hybridized carbons (Fsp3) is 0.333. The summed E-state index contributed by atoms with van der Waals surface area (Å²) in [6, 6.07) is 26.9. The molecule has 37 heavy (non-hydrogen) atoms. The first-order valence-electron chi connectivity index (χ1n) is 12.4. The van der Waals surface area contributed by atoms with Crippen LogP contribution in [0.15, 0.2) is 84.9 Å². The Labute approximate surface area is 219 Å². The molecule has 196 valence electrons. The molecule has 0 radical (unpaired) electrons. The van der Waals surface area contributed by atoms with Crippen LogP contribution in [-0.2, 0) is 20.6 Å². The largest absolute Gasteiger partial charge is 0.481 e. The number of carboxylic acids is 2. The van der Waals surface area contributed by atoms with Crippen molar-refractivity contribution in [3.05, 3.63) is 96.1 Å². The molecule has 0 aliphatic heterocycles. The lowest BCUT2D eigenvalue weighted by Gasteiger charge is -2.43. The first-order chi connectivity index (χ1) is 17.4. The molecule has 7 heteroatoms. The monoisotopic (exact) mass is 520 g/mol. The predicted molar refractivity (Wildman–Crippen MR) is 147 cm³/mol. The molecule has 0 saturated carbocycles. The van der Waals surface area contributed by atoms with Crippen LogP contribution in [0.1, 0.15) is 51.7 Å². The molecule has 0 aliphatic rings. The average Bonchev–Trinajstić information content (AvgIpc) is 2.85. The molecule has 0 aliphatic carbocycles. The molecule has 3 rings (SSSR count). The van der Waals surface area contributed by atoms with Crippen molar-refractivity contribution in [2.75, 3.05) is 0 Å². The molecule has 6 nitrogen and oxygen atoms in total. The van der Waals surface area contributed by atoms with Crippen LogP contribution in [0.25, 0.3) is 0 Å². The molecule has 0 aromatic heterocycles. The van der Waals surface area contributed by atoms with Crippen molar-refractivity contribution in [1.29, 1.82) is 0 Å². The molecule has 3 aromatic carbocycles. The number of carboxylic acid groups (broad SMARTS) is 2. The summed E-state index contributed by atoms with van der Waals surface area (Å²) < 4.78 is 6.97. The van der Waals surface area contributed by atoms with Crippen LogP contribution in [0, 0.1) is 5.92 Å². The Morgan fingerprint density at radius 1 is 0.811 bits per heavy atom. The summed E-state index contributed by atoms with van der Waals surface area (Å²) in [5.74, 6) is -5.50. The third-order valence-electron chi connectivity index (χ3n) is 7.14. The van der Waals surface area contributed by atoms with Gasteiger partial charge >= 0.3 is 11.9 Å². The quantitative estimate of drug-likeness (QED) is 0.342. The highest BCUT2D eigenvalue weighted by molar-refractivity contribution is 6.99. The number of aliphatic carboxylic acids is 2. The van der Waals surface area contributed by atoms with Gasteiger partial charge in [0.05, 0.1) is 6.61 Å². The highest BCUT2D eigenvalue weighted by atomic mass is 28.4. The molecule has 2 unspecified atom stereocenters. The van der Waals surface area contributed by atoms with E-state index in [1.54, 1.807) is 24.3 Å². The van der Waals surface area contributed by atoms with Crippen LogP contribution < -0.4 is 10.4 Å². The van der Waals surface area contributed by atoms with Gasteiger partial charge in [0.1, 0.15) is 5.92 Å². The maximum Gasteiger partial charge on any atom is 0.337 e. The van der Waals surface area contributed by atoms with Gasteiger partial charge in [0, 0.05) is 0 Å². The Morgan fingerprint density at radius 3 is 1.68 bits per heavy atom. The molecule has 0 bridgehead atoms. The van der Waals surface area contributed by atoms with Crippen LogP contribution in [0.3, 0.4) is 0 Å². The second kappa shape index (κ2) is 11.0. The third-order valence-corrected chi connectivity index (χ3v) is 12.1. The molecular formula is C30H36O6Si. The zero-order valence-corrected chi connectivity index (χ0v) is 23.0. The topological polar surface area (TPSA) is 104 Å². The zero-order valence-electron chi connectivity index (χ0n) is 22.0. The fourth-order valence-corrected chi connectivity index (χ4v) is 9.68. The molecular weight excluding hydrogens is 484 g/mol. The fourth-order valence-electron chi connectivity index (χ4n) is 5.16. The Kier molecular flexibility index (Phi) is 8.42. The van der Waals surface area contributed by atoms with E-state index >= 15 is 0 Å². The van der Waals surface area contributed by atoms with Gasteiger partial charge in [-0.3, -0.25) is 4.79 Å². The van der Waals surface area contributed by atoms with Crippen molar-refractivity contribution in [1.82, 2.24) is 0 Å². The summed E-state index contributed by atoms with van der Waals surface area (Å²) >= 11 is 0. The van der Waals surface area contributed by atoms with E-state index in [4.69, 9.17) is 4.43 Å². The van der Waals surface area contributed by atoms with Gasteiger partial charge in [0.25, 0.3) is 8.32 Å². The molecule has 0 fully saturated rings. The molecule has 3 N–H and O–H groups in total. The summed E-state index contributed by atoms with van der Waals surface area (Å²) in [4.78, 5) is 24.6. The second-order valence-electron chi connectivity index (χ2n) is 10.7. The molecule has 0 spiro atoms. The maximum absolute atomic E-state index is 12.5. The van der Waals surface area contributed by atoms with Crippen LogP contribution in [-0.4, -0.2) is 41.2 Å². The van der Waals surface area contributed by atoms with Crippen molar-refractivity contribution < 1.29 is 29.3 Å². The Bertz CT molecular complexity index is 1180. The summed E-state index contributed by atoms with van der Waals surface area (Å²) in [7, 11) is -2.93. The molecule has 0 saturated heterocycles. The maximum atomic E-state index is 12.5. The standard InChI is InChI=1S/C30H36O6Si/c1-21(2)30(35,28(33)34)26(27(31)32)25-19-13-12-14-22(25)20-36-37(29(3,4)5,23-15-8-6-9-16-23)24-17-10-7-11-18-24/h6-19,21,26,35H,20H2,1-5H3,(H,31,32)(H,33,34). The molecule has 0 heterocycles. The minimum atomic E-state index is -2.93. The minimum absolute atomic E-state index is 0.0566. The van der Waals surface area contributed by atoms with E-state index in [2.05, 4.69) is 45.0 Å². The van der Waals surface area contributed by atoms with Crippen molar-refractivity contribution in [3.8, 4) is 0 Å². The van der Waals surface area contributed by atoms with Gasteiger partial charge < -0.3 is 19.7 Å². The van der Waals surface area contributed by atoms with Gasteiger partial charge in [-0.15, -0.1) is 0 Å². The van der Waals surface area contributed by atoms with Gasteiger partial charge in [-0.2, -0.15) is 0 Å². The van der Waals surface area contributed by atoms with E-state index in [-0.39, 0.29) is 17.2 Å². The Balaban J connectivity index is 2.18. The molecule has 2 atom stereocenters. The zero-order chi connectivity index (χ0) is 27.4. The predicted octanol–water partition coefficient (Wildman–Crippen LogP) is 4.40. The van der Waals surface area contributed by atoms with Crippen molar-refractivity contribution in [2.45, 2.75) is 57.8 Å². The summed E-state index contributed by atoms with van der Waals surface area (Å²) in [5.41, 5.74) is -1.74. The minimum Gasteiger partial charge on any atom is -0.481 e.